The number of nitrogens with one attached hydrogen (secondary N) is 2. The van der Waals surface area contributed by atoms with E-state index in [1.54, 1.807) is 24.3 Å². The third-order valence-corrected chi connectivity index (χ3v) is 5.08. The van der Waals surface area contributed by atoms with Gasteiger partial charge in [-0.05, 0) is 24.1 Å². The van der Waals surface area contributed by atoms with Gasteiger partial charge in [-0.3, -0.25) is 0 Å². The lowest BCUT2D eigenvalue weighted by atomic mass is 10.2. The molecule has 0 amide bonds. The summed E-state index contributed by atoms with van der Waals surface area (Å²) >= 11 is 0. The molecule has 0 heterocycles. The highest BCUT2D eigenvalue weighted by molar-refractivity contribution is 14.0. The largest absolute Gasteiger partial charge is 0.383 e. The standard InChI is InChI=1S/C17H30N4O3S.HI/c1-3-4-5-6-11-19-17(18)20-14-15-7-9-16(10-8-15)25(22,23)21-12-13-24-2;/h7-10,21H,3-6,11-14H2,1-2H3,(H3,18,19,20);1H. The molecule has 0 saturated carbocycles. The van der Waals surface area contributed by atoms with E-state index in [-0.39, 0.29) is 35.4 Å². The number of sulfonamides is 1. The number of rotatable bonds is 12. The Labute approximate surface area is 174 Å². The van der Waals surface area contributed by atoms with Gasteiger partial charge in [0.15, 0.2) is 5.96 Å². The van der Waals surface area contributed by atoms with E-state index in [0.29, 0.717) is 19.1 Å². The summed E-state index contributed by atoms with van der Waals surface area (Å²) in [6.07, 6.45) is 4.70. The topological polar surface area (TPSA) is 106 Å². The number of hydrogen-bond donors (Lipinski definition) is 3. The van der Waals surface area contributed by atoms with Crippen LogP contribution in [0.4, 0.5) is 0 Å². The lowest BCUT2D eigenvalue weighted by Crippen LogP contribution is -2.32. The Morgan fingerprint density at radius 2 is 1.85 bits per heavy atom. The number of guanidine groups is 1. The van der Waals surface area contributed by atoms with E-state index in [4.69, 9.17) is 10.5 Å². The Morgan fingerprint density at radius 1 is 1.15 bits per heavy atom. The maximum Gasteiger partial charge on any atom is 0.240 e. The number of ether oxygens (including phenoxy) is 1. The number of unbranched alkanes of at least 4 members (excludes halogenated alkanes) is 3. The summed E-state index contributed by atoms with van der Waals surface area (Å²) in [7, 11) is -1.98. The molecule has 0 aliphatic rings. The summed E-state index contributed by atoms with van der Waals surface area (Å²) in [4.78, 5) is 4.49. The highest BCUT2D eigenvalue weighted by Crippen LogP contribution is 2.11. The van der Waals surface area contributed by atoms with Crippen molar-refractivity contribution in [3.05, 3.63) is 29.8 Å². The van der Waals surface area contributed by atoms with Crippen molar-refractivity contribution in [2.24, 2.45) is 10.7 Å². The Balaban J connectivity index is 0.00000625. The van der Waals surface area contributed by atoms with Crippen molar-refractivity contribution >= 4 is 40.0 Å². The third kappa shape index (κ3) is 10.3. The number of methoxy groups -OCH3 is 1. The number of aliphatic imine (C=N–C) groups is 1. The van der Waals surface area contributed by atoms with Crippen LogP contribution in [0.5, 0.6) is 0 Å². The minimum absolute atomic E-state index is 0. The fourth-order valence-corrected chi connectivity index (χ4v) is 3.15. The van der Waals surface area contributed by atoms with Gasteiger partial charge in [0, 0.05) is 20.2 Å². The molecule has 0 radical (unpaired) electrons. The highest BCUT2D eigenvalue weighted by Gasteiger charge is 2.12. The molecule has 0 atom stereocenters. The summed E-state index contributed by atoms with van der Waals surface area (Å²) in [5.41, 5.74) is 6.72. The van der Waals surface area contributed by atoms with Crippen LogP contribution in [0.1, 0.15) is 38.2 Å². The Hall–Kier alpha value is -0.910. The summed E-state index contributed by atoms with van der Waals surface area (Å²) in [5.74, 6) is 0.412. The number of nitrogens with zero attached hydrogens (tertiary/aromatic N) is 1. The number of benzene rings is 1. The quantitative estimate of drug-likeness (QED) is 0.177. The van der Waals surface area contributed by atoms with Crippen molar-refractivity contribution in [3.63, 3.8) is 0 Å². The number of halogens is 1. The Bertz CT molecular complexity index is 621. The molecule has 0 bridgehead atoms. The van der Waals surface area contributed by atoms with E-state index in [2.05, 4.69) is 22.0 Å². The molecule has 150 valence electrons. The molecule has 1 aromatic carbocycles. The zero-order valence-corrected chi connectivity index (χ0v) is 18.7. The maximum absolute atomic E-state index is 12.1. The van der Waals surface area contributed by atoms with Gasteiger partial charge < -0.3 is 15.8 Å². The monoisotopic (exact) mass is 498 g/mol. The molecule has 7 nitrogen and oxygen atoms in total. The molecule has 0 aromatic heterocycles. The Morgan fingerprint density at radius 3 is 2.46 bits per heavy atom. The first kappa shape index (κ1) is 25.1. The van der Waals surface area contributed by atoms with Gasteiger partial charge in [-0.15, -0.1) is 24.0 Å². The molecule has 0 aliphatic heterocycles. The predicted molar refractivity (Wildman–Crippen MR) is 116 cm³/mol. The molecule has 0 fully saturated rings. The van der Waals surface area contributed by atoms with E-state index in [9.17, 15) is 8.42 Å². The minimum atomic E-state index is -3.50. The molecule has 4 N–H and O–H groups in total. The van der Waals surface area contributed by atoms with Gasteiger partial charge in [0.2, 0.25) is 10.0 Å². The average molecular weight is 498 g/mol. The summed E-state index contributed by atoms with van der Waals surface area (Å²) in [5, 5.41) is 3.09. The van der Waals surface area contributed by atoms with Gasteiger partial charge in [-0.1, -0.05) is 38.3 Å². The molecule has 26 heavy (non-hydrogen) atoms. The first-order valence-electron chi connectivity index (χ1n) is 8.61. The lowest BCUT2D eigenvalue weighted by molar-refractivity contribution is 0.204. The van der Waals surface area contributed by atoms with Crippen molar-refractivity contribution in [1.82, 2.24) is 10.0 Å². The normalized spacial score (nSPS) is 11.8. The van der Waals surface area contributed by atoms with Crippen molar-refractivity contribution in [2.75, 3.05) is 26.8 Å². The van der Waals surface area contributed by atoms with Crippen LogP contribution in [0.2, 0.25) is 0 Å². The average Bonchev–Trinajstić information content (AvgIpc) is 2.60. The zero-order valence-electron chi connectivity index (χ0n) is 15.5. The van der Waals surface area contributed by atoms with Gasteiger partial charge in [0.1, 0.15) is 0 Å². The number of hydrogen-bond acceptors (Lipinski definition) is 4. The summed E-state index contributed by atoms with van der Waals surface area (Å²) in [6.45, 7) is 3.97. The molecule has 0 saturated heterocycles. The third-order valence-electron chi connectivity index (χ3n) is 3.60. The van der Waals surface area contributed by atoms with E-state index < -0.39 is 10.0 Å². The fourth-order valence-electron chi connectivity index (χ4n) is 2.14. The van der Waals surface area contributed by atoms with E-state index in [0.717, 1.165) is 18.5 Å². The van der Waals surface area contributed by atoms with Crippen molar-refractivity contribution < 1.29 is 13.2 Å². The van der Waals surface area contributed by atoms with Gasteiger partial charge in [-0.25, -0.2) is 18.1 Å². The maximum atomic E-state index is 12.1. The van der Waals surface area contributed by atoms with Crippen LogP contribution < -0.4 is 15.8 Å². The van der Waals surface area contributed by atoms with Crippen LogP contribution in [0.3, 0.4) is 0 Å². The summed E-state index contributed by atoms with van der Waals surface area (Å²) in [6, 6.07) is 6.61. The number of nitrogens with two attached hydrogens (primary N) is 1. The smallest absolute Gasteiger partial charge is 0.240 e. The first-order chi connectivity index (χ1) is 12.0. The fraction of sp³-hybridized carbons (Fsp3) is 0.588. The molecular formula is C17H31IN4O3S. The van der Waals surface area contributed by atoms with Crippen LogP contribution in [-0.2, 0) is 21.3 Å². The van der Waals surface area contributed by atoms with Gasteiger partial charge in [0.05, 0.1) is 18.0 Å². The summed E-state index contributed by atoms with van der Waals surface area (Å²) < 4.78 is 31.4. The molecule has 1 aromatic rings. The Kier molecular flexibility index (Phi) is 13.7. The predicted octanol–water partition coefficient (Wildman–Crippen LogP) is 2.21. The second kappa shape index (κ2) is 14.2. The highest BCUT2D eigenvalue weighted by atomic mass is 127. The van der Waals surface area contributed by atoms with Crippen LogP contribution in [0.15, 0.2) is 34.2 Å². The van der Waals surface area contributed by atoms with Crippen LogP contribution in [0, 0.1) is 0 Å². The second-order valence-electron chi connectivity index (χ2n) is 5.72. The minimum Gasteiger partial charge on any atom is -0.383 e. The van der Waals surface area contributed by atoms with Crippen molar-refractivity contribution in [1.29, 1.82) is 0 Å². The molecule has 0 unspecified atom stereocenters. The molecule has 9 heteroatoms. The van der Waals surface area contributed by atoms with Crippen LogP contribution >= 0.6 is 24.0 Å². The lowest BCUT2D eigenvalue weighted by Gasteiger charge is -2.07. The second-order valence-corrected chi connectivity index (χ2v) is 7.49. The first-order valence-corrected chi connectivity index (χ1v) is 10.1. The van der Waals surface area contributed by atoms with Gasteiger partial charge in [-0.2, -0.15) is 0 Å². The molecular weight excluding hydrogens is 467 g/mol. The van der Waals surface area contributed by atoms with Gasteiger partial charge >= 0.3 is 0 Å². The van der Waals surface area contributed by atoms with E-state index >= 15 is 0 Å². The zero-order chi connectivity index (χ0) is 18.5. The van der Waals surface area contributed by atoms with Crippen LogP contribution in [0.25, 0.3) is 0 Å². The van der Waals surface area contributed by atoms with Crippen LogP contribution in [-0.4, -0.2) is 41.2 Å². The molecule has 1 rings (SSSR count). The van der Waals surface area contributed by atoms with Crippen molar-refractivity contribution in [3.8, 4) is 0 Å². The van der Waals surface area contributed by atoms with E-state index in [1.165, 1.54) is 26.4 Å². The molecule has 0 spiro atoms. The SMILES string of the molecule is CCCCCCNC(N)=NCc1ccc(S(=O)(=O)NCCOC)cc1.I. The van der Waals surface area contributed by atoms with Gasteiger partial charge in [0.25, 0.3) is 0 Å². The van der Waals surface area contributed by atoms with E-state index in [1.807, 2.05) is 0 Å². The van der Waals surface area contributed by atoms with Crippen molar-refractivity contribution in [2.45, 2.75) is 44.0 Å². The molecule has 0 aliphatic carbocycles.